The number of benzene rings is 1. The second-order valence-electron chi connectivity index (χ2n) is 6.77. The number of hydrogen-bond donors (Lipinski definition) is 1. The van der Waals surface area contributed by atoms with Crippen molar-refractivity contribution in [2.75, 3.05) is 27.7 Å². The summed E-state index contributed by atoms with van der Waals surface area (Å²) in [5.41, 5.74) is 0.242. The van der Waals surface area contributed by atoms with E-state index in [1.807, 2.05) is 19.0 Å². The van der Waals surface area contributed by atoms with E-state index >= 15 is 0 Å². The van der Waals surface area contributed by atoms with Crippen LogP contribution in [-0.4, -0.2) is 49.8 Å². The smallest absolute Gasteiger partial charge is 0.339 e. The van der Waals surface area contributed by atoms with Crippen LogP contribution in [0.3, 0.4) is 0 Å². The molecule has 0 aliphatic rings. The minimum absolute atomic E-state index is 0.00888. The summed E-state index contributed by atoms with van der Waals surface area (Å²) in [6, 6.07) is 1.31. The number of hydrogen-bond acceptors (Lipinski definition) is 7. The summed E-state index contributed by atoms with van der Waals surface area (Å²) in [7, 11) is 5.33. The van der Waals surface area contributed by atoms with Gasteiger partial charge in [0.1, 0.15) is 17.3 Å². The second-order valence-corrected chi connectivity index (χ2v) is 6.77. The molecule has 0 saturated heterocycles. The number of carbonyl (C=O) groups is 2. The van der Waals surface area contributed by atoms with Crippen molar-refractivity contribution in [3.63, 3.8) is 0 Å². The van der Waals surface area contributed by atoms with E-state index in [0.29, 0.717) is 35.0 Å². The molecule has 0 bridgehead atoms. The summed E-state index contributed by atoms with van der Waals surface area (Å²) in [5.74, 6) is 0.0654. The fourth-order valence-corrected chi connectivity index (χ4v) is 3.10. The van der Waals surface area contributed by atoms with Crippen LogP contribution in [0.15, 0.2) is 15.3 Å². The van der Waals surface area contributed by atoms with Crippen LogP contribution in [0, 0.1) is 6.92 Å². The maximum Gasteiger partial charge on any atom is 0.339 e. The third-order valence-corrected chi connectivity index (χ3v) is 4.58. The van der Waals surface area contributed by atoms with Crippen LogP contribution in [-0.2, 0) is 11.2 Å². The van der Waals surface area contributed by atoms with Crippen LogP contribution < -0.4 is 10.4 Å². The average molecular weight is 375 g/mol. The van der Waals surface area contributed by atoms with Crippen LogP contribution in [0.2, 0.25) is 0 Å². The summed E-state index contributed by atoms with van der Waals surface area (Å²) in [5, 5.41) is 10.4. The third kappa shape index (κ3) is 4.54. The van der Waals surface area contributed by atoms with E-state index in [1.54, 1.807) is 6.92 Å². The molecule has 1 heterocycles. The predicted molar refractivity (Wildman–Crippen MR) is 102 cm³/mol. The Morgan fingerprint density at radius 1 is 1.33 bits per heavy atom. The lowest BCUT2D eigenvalue weighted by Gasteiger charge is -2.13. The van der Waals surface area contributed by atoms with Gasteiger partial charge >= 0.3 is 5.63 Å². The van der Waals surface area contributed by atoms with E-state index < -0.39 is 5.63 Å². The van der Waals surface area contributed by atoms with Crippen molar-refractivity contribution < 1.29 is 23.8 Å². The first-order chi connectivity index (χ1) is 12.8. The van der Waals surface area contributed by atoms with E-state index in [4.69, 9.17) is 9.15 Å². The lowest BCUT2D eigenvalue weighted by atomic mass is 9.98. The quantitative estimate of drug-likeness (QED) is 0.531. The Morgan fingerprint density at radius 2 is 2.04 bits per heavy atom. The zero-order valence-electron chi connectivity index (χ0n) is 16.1. The van der Waals surface area contributed by atoms with Gasteiger partial charge < -0.3 is 19.2 Å². The lowest BCUT2D eigenvalue weighted by Crippen LogP contribution is -2.16. The summed E-state index contributed by atoms with van der Waals surface area (Å²) in [6.45, 7) is 2.55. The number of carbonyl (C=O) groups excluding carboxylic acids is 2. The zero-order valence-corrected chi connectivity index (χ0v) is 16.1. The Kier molecular flexibility index (Phi) is 6.74. The fraction of sp³-hybridized carbons (Fsp3) is 0.450. The molecule has 0 unspecified atom stereocenters. The first-order valence-corrected chi connectivity index (χ1v) is 8.78. The normalized spacial score (nSPS) is 11.1. The van der Waals surface area contributed by atoms with Gasteiger partial charge in [0.25, 0.3) is 0 Å². The summed E-state index contributed by atoms with van der Waals surface area (Å²) in [4.78, 5) is 37.8. The molecule has 27 heavy (non-hydrogen) atoms. The van der Waals surface area contributed by atoms with Crippen molar-refractivity contribution in [3.05, 3.63) is 33.2 Å². The van der Waals surface area contributed by atoms with Crippen LogP contribution in [0.1, 0.15) is 40.7 Å². The number of ether oxygens (including phenoxy) is 1. The Morgan fingerprint density at radius 3 is 2.63 bits per heavy atom. The van der Waals surface area contributed by atoms with Gasteiger partial charge in [-0.2, -0.15) is 0 Å². The van der Waals surface area contributed by atoms with Crippen molar-refractivity contribution in [1.29, 1.82) is 0 Å². The third-order valence-electron chi connectivity index (χ3n) is 4.58. The number of fused-ring (bicyclic) bond motifs is 1. The van der Waals surface area contributed by atoms with Gasteiger partial charge in [-0.15, -0.1) is 0 Å². The molecule has 1 aromatic carbocycles. The van der Waals surface area contributed by atoms with E-state index in [-0.39, 0.29) is 35.5 Å². The first-order valence-electron chi connectivity index (χ1n) is 8.78. The molecule has 0 amide bonds. The molecule has 7 nitrogen and oxygen atoms in total. The number of phenols is 1. The monoisotopic (exact) mass is 375 g/mol. The summed E-state index contributed by atoms with van der Waals surface area (Å²) < 4.78 is 10.6. The van der Waals surface area contributed by atoms with E-state index in [0.717, 1.165) is 13.0 Å². The molecular formula is C20H25NO6. The van der Waals surface area contributed by atoms with Gasteiger partial charge in [0.05, 0.1) is 18.1 Å². The molecule has 0 atom stereocenters. The largest absolute Gasteiger partial charge is 0.507 e. The van der Waals surface area contributed by atoms with Gasteiger partial charge in [-0.05, 0) is 46.0 Å². The number of rotatable bonds is 9. The number of ketones is 1. The highest BCUT2D eigenvalue weighted by Crippen LogP contribution is 2.36. The van der Waals surface area contributed by atoms with Gasteiger partial charge in [0.2, 0.25) is 0 Å². The highest BCUT2D eigenvalue weighted by atomic mass is 16.5. The molecule has 7 heteroatoms. The number of methoxy groups -OCH3 is 1. The molecule has 0 fully saturated rings. The highest BCUT2D eigenvalue weighted by molar-refractivity contribution is 6.01. The second kappa shape index (κ2) is 8.81. The highest BCUT2D eigenvalue weighted by Gasteiger charge is 2.21. The van der Waals surface area contributed by atoms with Crippen molar-refractivity contribution in [1.82, 2.24) is 4.90 Å². The molecule has 2 aromatic rings. The van der Waals surface area contributed by atoms with Crippen molar-refractivity contribution in [2.45, 2.75) is 32.6 Å². The number of aldehydes is 1. The SMILES string of the molecule is COc1cc(O)c(C=O)c2oc(=O)c(CCC(=O)CCCN(C)C)c(C)c12. The van der Waals surface area contributed by atoms with Crippen molar-refractivity contribution >= 4 is 23.0 Å². The topological polar surface area (TPSA) is 97.0 Å². The van der Waals surface area contributed by atoms with E-state index in [1.165, 1.54) is 13.2 Å². The van der Waals surface area contributed by atoms with Crippen LogP contribution in [0.4, 0.5) is 0 Å². The van der Waals surface area contributed by atoms with Crippen molar-refractivity contribution in [3.8, 4) is 11.5 Å². The van der Waals surface area contributed by atoms with E-state index in [9.17, 15) is 19.5 Å². The number of Topliss-reactive ketones (excluding diaryl/α,β-unsaturated/α-hetero) is 1. The molecule has 0 aliphatic carbocycles. The summed E-state index contributed by atoms with van der Waals surface area (Å²) in [6.07, 6.45) is 2.17. The van der Waals surface area contributed by atoms with Crippen LogP contribution in [0.5, 0.6) is 11.5 Å². The van der Waals surface area contributed by atoms with Gasteiger partial charge in [-0.1, -0.05) is 0 Å². The Labute approximate surface area is 157 Å². The minimum atomic E-state index is -0.614. The van der Waals surface area contributed by atoms with Crippen LogP contribution in [0.25, 0.3) is 11.0 Å². The number of phenolic OH excluding ortho intramolecular Hbond substituents is 1. The van der Waals surface area contributed by atoms with Gasteiger partial charge in [0, 0.05) is 24.5 Å². The maximum atomic E-state index is 12.4. The molecule has 2 rings (SSSR count). The molecule has 0 aliphatic heterocycles. The Balaban J connectivity index is 2.36. The molecule has 0 spiro atoms. The Bertz CT molecular complexity index is 913. The Hall–Kier alpha value is -2.67. The number of aryl methyl sites for hydroxylation is 1. The summed E-state index contributed by atoms with van der Waals surface area (Å²) >= 11 is 0. The van der Waals surface area contributed by atoms with E-state index in [2.05, 4.69) is 0 Å². The molecule has 1 N–H and O–H groups in total. The molecule has 146 valence electrons. The molecular weight excluding hydrogens is 350 g/mol. The minimum Gasteiger partial charge on any atom is -0.507 e. The fourth-order valence-electron chi connectivity index (χ4n) is 3.10. The average Bonchev–Trinajstić information content (AvgIpc) is 2.60. The van der Waals surface area contributed by atoms with Crippen LogP contribution >= 0.6 is 0 Å². The maximum absolute atomic E-state index is 12.4. The van der Waals surface area contributed by atoms with Gasteiger partial charge in [-0.25, -0.2) is 4.79 Å². The number of nitrogens with zero attached hydrogens (tertiary/aromatic N) is 1. The molecule has 1 aromatic heterocycles. The predicted octanol–water partition coefficient (Wildman–Crippen LogP) is 2.47. The molecule has 0 saturated carbocycles. The number of aromatic hydroxyl groups is 1. The standard InChI is InChI=1S/C20H25NO6/c1-12-14(8-7-13(23)6-5-9-21(2)3)20(25)27-19-15(11-22)16(24)10-17(26-4)18(12)19/h10-11,24H,5-9H2,1-4H3. The molecule has 0 radical (unpaired) electrons. The zero-order chi connectivity index (χ0) is 20.1. The first kappa shape index (κ1) is 20.6. The lowest BCUT2D eigenvalue weighted by molar-refractivity contribution is -0.119. The van der Waals surface area contributed by atoms with Gasteiger partial charge in [0.15, 0.2) is 11.9 Å². The van der Waals surface area contributed by atoms with Gasteiger partial charge in [-0.3, -0.25) is 9.59 Å². The van der Waals surface area contributed by atoms with Crippen molar-refractivity contribution in [2.24, 2.45) is 0 Å².